The Bertz CT molecular complexity index is 1160. The number of nitrogens with one attached hydrogen (secondary N) is 1. The molecule has 0 bridgehead atoms. The summed E-state index contributed by atoms with van der Waals surface area (Å²) in [5.74, 6) is -2.45. The normalized spacial score (nSPS) is 11.9. The van der Waals surface area contributed by atoms with E-state index in [1.54, 1.807) is 31.2 Å². The SMILES string of the molecule is CCCN(CCC(c1ccc(F)cc1C)c1ccccc1F)C(=O)c1[nH]ncc(=O)c1O. The topological polar surface area (TPSA) is 86.3 Å². The van der Waals surface area contributed by atoms with Gasteiger partial charge in [-0.2, -0.15) is 5.10 Å². The maximum absolute atomic E-state index is 14.7. The Labute approximate surface area is 184 Å². The number of nitrogens with zero attached hydrogens (tertiary/aromatic N) is 2. The van der Waals surface area contributed by atoms with Crippen LogP contribution in [0.4, 0.5) is 8.78 Å². The van der Waals surface area contributed by atoms with Crippen molar-refractivity contribution in [3.8, 4) is 5.75 Å². The second kappa shape index (κ2) is 10.2. The van der Waals surface area contributed by atoms with Crippen LogP contribution in [0.3, 0.4) is 0 Å². The third-order valence-corrected chi connectivity index (χ3v) is 5.40. The summed E-state index contributed by atoms with van der Waals surface area (Å²) in [7, 11) is 0. The lowest BCUT2D eigenvalue weighted by atomic mass is 9.85. The number of amides is 1. The lowest BCUT2D eigenvalue weighted by Crippen LogP contribution is -2.35. The van der Waals surface area contributed by atoms with Crippen molar-refractivity contribution >= 4 is 5.91 Å². The van der Waals surface area contributed by atoms with Crippen LogP contribution < -0.4 is 5.43 Å². The molecule has 32 heavy (non-hydrogen) atoms. The molecule has 2 N–H and O–H groups in total. The molecule has 0 spiro atoms. The highest BCUT2D eigenvalue weighted by atomic mass is 19.1. The fourth-order valence-corrected chi connectivity index (χ4v) is 3.84. The summed E-state index contributed by atoms with van der Waals surface area (Å²) in [6, 6.07) is 10.8. The Morgan fingerprint density at radius 2 is 1.91 bits per heavy atom. The Balaban J connectivity index is 1.94. The first-order valence-corrected chi connectivity index (χ1v) is 10.4. The van der Waals surface area contributed by atoms with E-state index in [2.05, 4.69) is 10.2 Å². The molecule has 0 saturated carbocycles. The average Bonchev–Trinajstić information content (AvgIpc) is 2.76. The molecule has 1 heterocycles. The summed E-state index contributed by atoms with van der Waals surface area (Å²) in [5, 5.41) is 16.0. The molecule has 3 rings (SSSR count). The summed E-state index contributed by atoms with van der Waals surface area (Å²) in [6.45, 7) is 4.24. The molecule has 168 valence electrons. The van der Waals surface area contributed by atoms with Crippen molar-refractivity contribution in [3.63, 3.8) is 0 Å². The molecule has 3 aromatic rings. The van der Waals surface area contributed by atoms with Gasteiger partial charge in [-0.15, -0.1) is 0 Å². The zero-order valence-electron chi connectivity index (χ0n) is 17.9. The molecule has 0 fully saturated rings. The summed E-state index contributed by atoms with van der Waals surface area (Å²) in [6.07, 6.45) is 1.88. The van der Waals surface area contributed by atoms with E-state index < -0.39 is 23.0 Å². The van der Waals surface area contributed by atoms with E-state index in [0.29, 0.717) is 30.5 Å². The minimum absolute atomic E-state index is 0.221. The number of rotatable bonds is 8. The monoisotopic (exact) mass is 441 g/mol. The van der Waals surface area contributed by atoms with E-state index in [1.807, 2.05) is 6.92 Å². The number of carbonyl (C=O) groups excluding carboxylic acids is 1. The van der Waals surface area contributed by atoms with E-state index in [0.717, 1.165) is 11.8 Å². The lowest BCUT2D eigenvalue weighted by molar-refractivity contribution is 0.0741. The average molecular weight is 441 g/mol. The number of carbonyl (C=O) groups is 1. The highest BCUT2D eigenvalue weighted by Gasteiger charge is 2.25. The van der Waals surface area contributed by atoms with E-state index in [9.17, 15) is 23.5 Å². The molecule has 0 radical (unpaired) electrons. The summed E-state index contributed by atoms with van der Waals surface area (Å²) < 4.78 is 28.4. The number of halogens is 2. The highest BCUT2D eigenvalue weighted by molar-refractivity contribution is 5.94. The fraction of sp³-hybridized carbons (Fsp3) is 0.292. The van der Waals surface area contributed by atoms with Gasteiger partial charge in [0.05, 0.1) is 6.20 Å². The van der Waals surface area contributed by atoms with Gasteiger partial charge in [0.1, 0.15) is 11.6 Å². The van der Waals surface area contributed by atoms with Gasteiger partial charge in [0, 0.05) is 19.0 Å². The molecule has 0 aliphatic heterocycles. The Morgan fingerprint density at radius 1 is 1.16 bits per heavy atom. The molecule has 8 heteroatoms. The van der Waals surface area contributed by atoms with Gasteiger partial charge >= 0.3 is 0 Å². The maximum Gasteiger partial charge on any atom is 0.275 e. The first-order chi connectivity index (χ1) is 15.3. The first-order valence-electron chi connectivity index (χ1n) is 10.4. The summed E-state index contributed by atoms with van der Waals surface area (Å²) in [4.78, 5) is 26.2. The quantitative estimate of drug-likeness (QED) is 0.550. The van der Waals surface area contributed by atoms with Gasteiger partial charge in [-0.25, -0.2) is 8.78 Å². The van der Waals surface area contributed by atoms with Gasteiger partial charge in [0.15, 0.2) is 11.4 Å². The van der Waals surface area contributed by atoms with Gasteiger partial charge in [0.2, 0.25) is 5.43 Å². The maximum atomic E-state index is 14.7. The zero-order valence-corrected chi connectivity index (χ0v) is 17.9. The van der Waals surface area contributed by atoms with Crippen molar-refractivity contribution in [3.05, 3.63) is 92.9 Å². The molecule has 1 aromatic heterocycles. The summed E-state index contributed by atoms with van der Waals surface area (Å²) in [5.41, 5.74) is 0.851. The Morgan fingerprint density at radius 3 is 2.59 bits per heavy atom. The third kappa shape index (κ3) is 5.01. The molecule has 1 atom stereocenters. The second-order valence-electron chi connectivity index (χ2n) is 7.61. The van der Waals surface area contributed by atoms with Crippen LogP contribution >= 0.6 is 0 Å². The predicted molar refractivity (Wildman–Crippen MR) is 117 cm³/mol. The van der Waals surface area contributed by atoms with Crippen LogP contribution in [0.25, 0.3) is 0 Å². The van der Waals surface area contributed by atoms with Gasteiger partial charge in [0.25, 0.3) is 5.91 Å². The molecule has 1 unspecified atom stereocenters. The number of hydrogen-bond donors (Lipinski definition) is 2. The van der Waals surface area contributed by atoms with Gasteiger partial charge < -0.3 is 10.0 Å². The second-order valence-corrected chi connectivity index (χ2v) is 7.61. The number of benzene rings is 2. The Hall–Kier alpha value is -3.55. The van der Waals surface area contributed by atoms with E-state index in [1.165, 1.54) is 23.1 Å². The van der Waals surface area contributed by atoms with Crippen LogP contribution in [0.15, 0.2) is 53.5 Å². The number of aromatic nitrogens is 2. The Kier molecular flexibility index (Phi) is 7.35. The molecule has 0 aliphatic carbocycles. The van der Waals surface area contributed by atoms with E-state index in [4.69, 9.17) is 0 Å². The summed E-state index contributed by atoms with van der Waals surface area (Å²) >= 11 is 0. The van der Waals surface area contributed by atoms with Crippen molar-refractivity contribution < 1.29 is 18.7 Å². The van der Waals surface area contributed by atoms with Gasteiger partial charge in [-0.3, -0.25) is 14.7 Å². The van der Waals surface area contributed by atoms with Crippen LogP contribution in [0, 0.1) is 18.6 Å². The van der Waals surface area contributed by atoms with Gasteiger partial charge in [-0.05, 0) is 54.7 Å². The van der Waals surface area contributed by atoms with Crippen molar-refractivity contribution in [1.29, 1.82) is 0 Å². The van der Waals surface area contributed by atoms with Crippen LogP contribution in [0.5, 0.6) is 5.75 Å². The molecular weight excluding hydrogens is 416 g/mol. The smallest absolute Gasteiger partial charge is 0.275 e. The molecule has 2 aromatic carbocycles. The molecular formula is C24H25F2N3O3. The zero-order chi connectivity index (χ0) is 23.3. The number of aryl methyl sites for hydroxylation is 1. The van der Waals surface area contributed by atoms with E-state index in [-0.39, 0.29) is 23.9 Å². The largest absolute Gasteiger partial charge is 0.502 e. The van der Waals surface area contributed by atoms with Crippen LogP contribution in [-0.4, -0.2) is 39.2 Å². The number of aromatic hydroxyl groups is 1. The standard InChI is InChI=1S/C24H25F2N3O3/c1-3-11-29(24(32)22-23(31)21(30)14-27-28-22)12-10-18(19-6-4-5-7-20(19)26)17-9-8-16(25)13-15(17)2/h4-9,13-14,18H,3,10-12H2,1-2H3,(H,27,31)(H,28,30). The van der Waals surface area contributed by atoms with Crippen molar-refractivity contribution in [2.75, 3.05) is 13.1 Å². The van der Waals surface area contributed by atoms with Crippen LogP contribution in [-0.2, 0) is 0 Å². The third-order valence-electron chi connectivity index (χ3n) is 5.40. The van der Waals surface area contributed by atoms with Gasteiger partial charge in [-0.1, -0.05) is 31.2 Å². The van der Waals surface area contributed by atoms with E-state index >= 15 is 0 Å². The van der Waals surface area contributed by atoms with Crippen LogP contribution in [0.1, 0.15) is 52.9 Å². The number of H-pyrrole nitrogens is 1. The minimum Gasteiger partial charge on any atom is -0.502 e. The minimum atomic E-state index is -0.755. The molecule has 1 amide bonds. The molecule has 0 saturated heterocycles. The highest BCUT2D eigenvalue weighted by Crippen LogP contribution is 2.32. The number of aromatic amines is 1. The predicted octanol–water partition coefficient (Wildman–Crippen LogP) is 4.14. The van der Waals surface area contributed by atoms with Crippen molar-refractivity contribution in [2.24, 2.45) is 0 Å². The molecule has 6 nitrogen and oxygen atoms in total. The van der Waals surface area contributed by atoms with Crippen molar-refractivity contribution in [1.82, 2.24) is 15.1 Å². The first kappa shape index (κ1) is 23.1. The molecule has 0 aliphatic rings. The lowest BCUT2D eigenvalue weighted by Gasteiger charge is -2.26. The fourth-order valence-electron chi connectivity index (χ4n) is 3.84. The van der Waals surface area contributed by atoms with Crippen molar-refractivity contribution in [2.45, 2.75) is 32.6 Å². The number of hydrogen-bond acceptors (Lipinski definition) is 4. The van der Waals surface area contributed by atoms with Crippen LogP contribution in [0.2, 0.25) is 0 Å².